The van der Waals surface area contributed by atoms with E-state index >= 15 is 0 Å². The molecular weight excluding hydrogens is 363 g/mol. The summed E-state index contributed by atoms with van der Waals surface area (Å²) in [5.74, 6) is 0.565. The minimum atomic E-state index is -0.360. The Morgan fingerprint density at radius 3 is 2.66 bits per heavy atom. The van der Waals surface area contributed by atoms with Gasteiger partial charge in [-0.2, -0.15) is 0 Å². The van der Waals surface area contributed by atoms with Crippen LogP contribution >= 0.6 is 0 Å². The zero-order valence-corrected chi connectivity index (χ0v) is 17.1. The minimum Gasteiger partial charge on any atom is -0.486 e. The number of rotatable bonds is 6. The molecule has 0 spiro atoms. The third kappa shape index (κ3) is 4.83. The second-order valence-corrected chi connectivity index (χ2v) is 8.10. The molecule has 0 amide bonds. The van der Waals surface area contributed by atoms with Crippen molar-refractivity contribution in [3.8, 4) is 17.0 Å². The Balaban J connectivity index is 1.47. The Hall–Kier alpha value is -2.72. The molecule has 0 bridgehead atoms. The van der Waals surface area contributed by atoms with Crippen LogP contribution in [0.25, 0.3) is 11.3 Å². The lowest BCUT2D eigenvalue weighted by Gasteiger charge is -2.29. The summed E-state index contributed by atoms with van der Waals surface area (Å²) in [6, 6.07) is 19.0. The maximum absolute atomic E-state index is 14.6. The highest BCUT2D eigenvalue weighted by Crippen LogP contribution is 2.27. The zero-order chi connectivity index (χ0) is 20.2. The molecule has 4 rings (SSSR count). The highest BCUT2D eigenvalue weighted by molar-refractivity contribution is 5.61. The highest BCUT2D eigenvalue weighted by atomic mass is 19.1. The number of fused-ring (bicyclic) bond motifs is 1. The Labute approximate surface area is 172 Å². The Bertz CT molecular complexity index is 972. The van der Waals surface area contributed by atoms with Crippen molar-refractivity contribution in [1.29, 1.82) is 0 Å². The van der Waals surface area contributed by atoms with Crippen molar-refractivity contribution in [2.24, 2.45) is 5.92 Å². The summed E-state index contributed by atoms with van der Waals surface area (Å²) in [6.45, 7) is 7.93. The van der Waals surface area contributed by atoms with Gasteiger partial charge < -0.3 is 4.74 Å². The SMILES string of the molecule is CC(C)CN1CCc2nc(-c3ccc(OCc4ccccc4)c(F)c3)ccc2C1. The van der Waals surface area contributed by atoms with Gasteiger partial charge in [0.15, 0.2) is 11.6 Å². The number of benzene rings is 2. The number of nitrogens with zero attached hydrogens (tertiary/aromatic N) is 2. The molecule has 150 valence electrons. The molecule has 3 nitrogen and oxygen atoms in total. The Morgan fingerprint density at radius 1 is 1.07 bits per heavy atom. The van der Waals surface area contributed by atoms with E-state index in [1.54, 1.807) is 6.07 Å². The molecular formula is C25H27FN2O. The first-order chi connectivity index (χ1) is 14.1. The lowest BCUT2D eigenvalue weighted by molar-refractivity contribution is 0.225. The summed E-state index contributed by atoms with van der Waals surface area (Å²) in [4.78, 5) is 7.31. The smallest absolute Gasteiger partial charge is 0.165 e. The van der Waals surface area contributed by atoms with Crippen molar-refractivity contribution in [3.63, 3.8) is 0 Å². The number of hydrogen-bond acceptors (Lipinski definition) is 3. The quantitative estimate of drug-likeness (QED) is 0.557. The van der Waals surface area contributed by atoms with E-state index < -0.39 is 0 Å². The molecule has 2 heterocycles. The van der Waals surface area contributed by atoms with Gasteiger partial charge >= 0.3 is 0 Å². The molecule has 0 radical (unpaired) electrons. The highest BCUT2D eigenvalue weighted by Gasteiger charge is 2.19. The van der Waals surface area contributed by atoms with Crippen LogP contribution < -0.4 is 4.74 Å². The summed E-state index contributed by atoms with van der Waals surface area (Å²) in [6.07, 6.45) is 0.941. The second kappa shape index (κ2) is 8.75. The van der Waals surface area contributed by atoms with Gasteiger partial charge in [0.1, 0.15) is 6.61 Å². The fourth-order valence-electron chi connectivity index (χ4n) is 3.82. The van der Waals surface area contributed by atoms with E-state index in [0.717, 1.165) is 48.6 Å². The van der Waals surface area contributed by atoms with Gasteiger partial charge in [0, 0.05) is 37.3 Å². The molecule has 0 fully saturated rings. The molecule has 1 aromatic heterocycles. The first-order valence-electron chi connectivity index (χ1n) is 10.3. The number of halogens is 1. The number of aromatic nitrogens is 1. The largest absolute Gasteiger partial charge is 0.486 e. The van der Waals surface area contributed by atoms with Gasteiger partial charge in [0.05, 0.1) is 5.69 Å². The van der Waals surface area contributed by atoms with Gasteiger partial charge in [0.2, 0.25) is 0 Å². The monoisotopic (exact) mass is 390 g/mol. The third-order valence-electron chi connectivity index (χ3n) is 5.22. The molecule has 0 unspecified atom stereocenters. The molecule has 1 aliphatic heterocycles. The summed E-state index contributed by atoms with van der Waals surface area (Å²) in [5, 5.41) is 0. The predicted molar refractivity (Wildman–Crippen MR) is 114 cm³/mol. The van der Waals surface area contributed by atoms with Gasteiger partial charge in [-0.1, -0.05) is 50.2 Å². The molecule has 4 heteroatoms. The average Bonchev–Trinajstić information content (AvgIpc) is 2.73. The van der Waals surface area contributed by atoms with E-state index in [4.69, 9.17) is 9.72 Å². The molecule has 29 heavy (non-hydrogen) atoms. The molecule has 1 aliphatic rings. The Morgan fingerprint density at radius 2 is 1.90 bits per heavy atom. The van der Waals surface area contributed by atoms with Crippen LogP contribution in [0.3, 0.4) is 0 Å². The third-order valence-corrected chi connectivity index (χ3v) is 5.22. The standard InChI is InChI=1S/C25H27FN2O/c1-18(2)15-28-13-12-24-21(16-28)8-10-23(27-24)20-9-11-25(22(26)14-20)29-17-19-6-4-3-5-7-19/h3-11,14,18H,12-13,15-17H2,1-2H3. The number of pyridine rings is 1. The van der Waals surface area contributed by atoms with Crippen molar-refractivity contribution in [2.45, 2.75) is 33.4 Å². The normalized spacial score (nSPS) is 14.1. The first kappa shape index (κ1) is 19.6. The molecule has 2 aromatic carbocycles. The van der Waals surface area contributed by atoms with E-state index in [1.807, 2.05) is 42.5 Å². The molecule has 3 aromatic rings. The van der Waals surface area contributed by atoms with Crippen LogP contribution in [0.1, 0.15) is 30.7 Å². The van der Waals surface area contributed by atoms with Crippen molar-refractivity contribution in [3.05, 3.63) is 83.3 Å². The molecule has 0 saturated heterocycles. The van der Waals surface area contributed by atoms with Crippen LogP contribution in [-0.4, -0.2) is 23.0 Å². The molecule has 0 saturated carbocycles. The Kier molecular flexibility index (Phi) is 5.91. The van der Waals surface area contributed by atoms with Gasteiger partial charge in [-0.25, -0.2) is 4.39 Å². The number of hydrogen-bond donors (Lipinski definition) is 0. The van der Waals surface area contributed by atoms with E-state index in [0.29, 0.717) is 12.5 Å². The van der Waals surface area contributed by atoms with E-state index in [2.05, 4.69) is 24.8 Å². The minimum absolute atomic E-state index is 0.264. The second-order valence-electron chi connectivity index (χ2n) is 8.10. The fraction of sp³-hybridized carbons (Fsp3) is 0.320. The van der Waals surface area contributed by atoms with Crippen molar-refractivity contribution in [2.75, 3.05) is 13.1 Å². The fourth-order valence-corrected chi connectivity index (χ4v) is 3.82. The van der Waals surface area contributed by atoms with Crippen LogP contribution in [0.2, 0.25) is 0 Å². The summed E-state index contributed by atoms with van der Waals surface area (Å²) >= 11 is 0. The molecule has 0 atom stereocenters. The van der Waals surface area contributed by atoms with Crippen LogP contribution in [0.15, 0.2) is 60.7 Å². The predicted octanol–water partition coefficient (Wildman–Crippen LogP) is 5.48. The van der Waals surface area contributed by atoms with E-state index in [-0.39, 0.29) is 11.6 Å². The van der Waals surface area contributed by atoms with Gasteiger partial charge in [-0.15, -0.1) is 0 Å². The van der Waals surface area contributed by atoms with Crippen LogP contribution in [0.5, 0.6) is 5.75 Å². The van der Waals surface area contributed by atoms with Crippen LogP contribution in [-0.2, 0) is 19.6 Å². The lowest BCUT2D eigenvalue weighted by atomic mass is 10.0. The van der Waals surface area contributed by atoms with Gasteiger partial charge in [0.25, 0.3) is 0 Å². The van der Waals surface area contributed by atoms with Crippen molar-refractivity contribution in [1.82, 2.24) is 9.88 Å². The first-order valence-corrected chi connectivity index (χ1v) is 10.3. The lowest BCUT2D eigenvalue weighted by Crippen LogP contribution is -2.33. The topological polar surface area (TPSA) is 25.4 Å². The van der Waals surface area contributed by atoms with Crippen molar-refractivity contribution < 1.29 is 9.13 Å². The summed E-state index contributed by atoms with van der Waals surface area (Å²) in [5.41, 5.74) is 5.02. The molecule has 0 N–H and O–H groups in total. The van der Waals surface area contributed by atoms with E-state index in [1.165, 1.54) is 11.6 Å². The maximum Gasteiger partial charge on any atom is 0.165 e. The van der Waals surface area contributed by atoms with Gasteiger partial charge in [-0.3, -0.25) is 9.88 Å². The van der Waals surface area contributed by atoms with Crippen molar-refractivity contribution >= 4 is 0 Å². The van der Waals surface area contributed by atoms with Crippen LogP contribution in [0, 0.1) is 11.7 Å². The maximum atomic E-state index is 14.6. The van der Waals surface area contributed by atoms with Gasteiger partial charge in [-0.05, 0) is 41.3 Å². The average molecular weight is 391 g/mol. The molecule has 0 aliphatic carbocycles. The summed E-state index contributed by atoms with van der Waals surface area (Å²) in [7, 11) is 0. The number of ether oxygens (including phenoxy) is 1. The van der Waals surface area contributed by atoms with Crippen LogP contribution in [0.4, 0.5) is 4.39 Å². The van der Waals surface area contributed by atoms with E-state index in [9.17, 15) is 4.39 Å². The zero-order valence-electron chi connectivity index (χ0n) is 17.1. The summed E-state index contributed by atoms with van der Waals surface area (Å²) < 4.78 is 20.2.